The lowest BCUT2D eigenvalue weighted by atomic mass is 10.1. The second kappa shape index (κ2) is 6.38. The number of aliphatic hydroxyl groups excluding tert-OH is 1. The first-order valence-corrected chi connectivity index (χ1v) is 6.59. The fourth-order valence-electron chi connectivity index (χ4n) is 2.34. The fourth-order valence-corrected chi connectivity index (χ4v) is 2.34. The summed E-state index contributed by atoms with van der Waals surface area (Å²) in [4.78, 5) is 24.3. The van der Waals surface area contributed by atoms with E-state index in [0.717, 1.165) is 18.4 Å². The van der Waals surface area contributed by atoms with Crippen LogP contribution in [0.25, 0.3) is 0 Å². The Hall–Kier alpha value is -2.08. The molecule has 108 valence electrons. The molecule has 0 bridgehead atoms. The molecule has 6 heteroatoms. The molecule has 2 amide bonds. The van der Waals surface area contributed by atoms with Gasteiger partial charge in [-0.3, -0.25) is 0 Å². The number of carbonyl (C=O) groups is 2. The van der Waals surface area contributed by atoms with Crippen molar-refractivity contribution in [3.8, 4) is 0 Å². The number of hydrogen-bond donors (Lipinski definition) is 3. The van der Waals surface area contributed by atoms with Crippen molar-refractivity contribution in [1.82, 2.24) is 10.2 Å². The van der Waals surface area contributed by atoms with Crippen LogP contribution in [0.1, 0.15) is 28.8 Å². The van der Waals surface area contributed by atoms with Crippen LogP contribution in [0.15, 0.2) is 24.3 Å². The van der Waals surface area contributed by atoms with E-state index in [1.54, 1.807) is 17.0 Å². The zero-order chi connectivity index (χ0) is 14.5. The molecule has 1 aromatic carbocycles. The Balaban J connectivity index is 1.88. The van der Waals surface area contributed by atoms with Crippen LogP contribution in [-0.4, -0.2) is 46.3 Å². The number of carboxylic acid groups (broad SMARTS) is 1. The number of nitrogens with one attached hydrogen (secondary N) is 1. The van der Waals surface area contributed by atoms with Crippen molar-refractivity contribution in [2.75, 3.05) is 13.2 Å². The van der Waals surface area contributed by atoms with Crippen LogP contribution in [0.4, 0.5) is 4.79 Å². The largest absolute Gasteiger partial charge is 0.478 e. The normalized spacial score (nSPS) is 18.1. The molecule has 0 aliphatic carbocycles. The molecule has 0 saturated carbocycles. The molecular formula is C14H18N2O4. The minimum absolute atomic E-state index is 0.0132. The Morgan fingerprint density at radius 1 is 1.30 bits per heavy atom. The predicted molar refractivity (Wildman–Crippen MR) is 72.5 cm³/mol. The first-order chi connectivity index (χ1) is 9.61. The Morgan fingerprint density at radius 3 is 2.60 bits per heavy atom. The van der Waals surface area contributed by atoms with E-state index in [2.05, 4.69) is 5.32 Å². The Labute approximate surface area is 117 Å². The monoisotopic (exact) mass is 278 g/mol. The summed E-state index contributed by atoms with van der Waals surface area (Å²) in [6.45, 7) is 0.989. The molecule has 2 rings (SSSR count). The number of urea groups is 1. The number of aromatic carboxylic acids is 1. The van der Waals surface area contributed by atoms with Gasteiger partial charge in [-0.05, 0) is 30.5 Å². The van der Waals surface area contributed by atoms with Crippen LogP contribution >= 0.6 is 0 Å². The minimum atomic E-state index is -0.969. The summed E-state index contributed by atoms with van der Waals surface area (Å²) < 4.78 is 0. The minimum Gasteiger partial charge on any atom is -0.478 e. The van der Waals surface area contributed by atoms with Crippen molar-refractivity contribution in [3.05, 3.63) is 35.4 Å². The Kier molecular flexibility index (Phi) is 4.57. The number of likely N-dealkylation sites (tertiary alicyclic amines) is 1. The second-order valence-corrected chi connectivity index (χ2v) is 4.83. The highest BCUT2D eigenvalue weighted by atomic mass is 16.4. The average molecular weight is 278 g/mol. The van der Waals surface area contributed by atoms with E-state index in [9.17, 15) is 14.7 Å². The van der Waals surface area contributed by atoms with Gasteiger partial charge >= 0.3 is 12.0 Å². The lowest BCUT2D eigenvalue weighted by molar-refractivity contribution is 0.0697. The average Bonchev–Trinajstić information content (AvgIpc) is 2.93. The summed E-state index contributed by atoms with van der Waals surface area (Å²) in [5.41, 5.74) is 1.06. The van der Waals surface area contributed by atoms with Gasteiger partial charge in [0.05, 0.1) is 18.2 Å². The molecule has 20 heavy (non-hydrogen) atoms. The molecule has 1 unspecified atom stereocenters. The highest BCUT2D eigenvalue weighted by Gasteiger charge is 2.27. The second-order valence-electron chi connectivity index (χ2n) is 4.83. The van der Waals surface area contributed by atoms with E-state index in [1.165, 1.54) is 12.1 Å². The van der Waals surface area contributed by atoms with Crippen molar-refractivity contribution in [2.45, 2.75) is 25.4 Å². The first-order valence-electron chi connectivity index (χ1n) is 6.59. The Bertz CT molecular complexity index is 486. The lowest BCUT2D eigenvalue weighted by Gasteiger charge is -2.23. The molecule has 6 nitrogen and oxygen atoms in total. The van der Waals surface area contributed by atoms with Gasteiger partial charge in [-0.15, -0.1) is 0 Å². The van der Waals surface area contributed by atoms with Crippen LogP contribution in [0.5, 0.6) is 0 Å². The van der Waals surface area contributed by atoms with Crippen molar-refractivity contribution in [2.24, 2.45) is 0 Å². The zero-order valence-electron chi connectivity index (χ0n) is 11.1. The third-order valence-electron chi connectivity index (χ3n) is 3.49. The third-order valence-corrected chi connectivity index (χ3v) is 3.49. The van der Waals surface area contributed by atoms with Gasteiger partial charge in [-0.1, -0.05) is 12.1 Å². The van der Waals surface area contributed by atoms with E-state index in [1.807, 2.05) is 0 Å². The summed E-state index contributed by atoms with van der Waals surface area (Å²) in [5.74, 6) is -0.969. The van der Waals surface area contributed by atoms with E-state index >= 15 is 0 Å². The zero-order valence-corrected chi connectivity index (χ0v) is 11.1. The number of aliphatic hydroxyl groups is 1. The van der Waals surface area contributed by atoms with E-state index in [0.29, 0.717) is 13.1 Å². The fraction of sp³-hybridized carbons (Fsp3) is 0.429. The summed E-state index contributed by atoms with van der Waals surface area (Å²) in [6, 6.07) is 6.09. The first kappa shape index (κ1) is 14.3. The number of amides is 2. The molecule has 0 spiro atoms. The molecule has 1 fully saturated rings. The van der Waals surface area contributed by atoms with Crippen LogP contribution in [0, 0.1) is 0 Å². The van der Waals surface area contributed by atoms with Gasteiger partial charge in [0, 0.05) is 13.1 Å². The molecule has 1 heterocycles. The molecule has 1 atom stereocenters. The molecule has 0 aromatic heterocycles. The summed E-state index contributed by atoms with van der Waals surface area (Å²) in [7, 11) is 0. The van der Waals surface area contributed by atoms with Gasteiger partial charge in [0.1, 0.15) is 0 Å². The molecule has 1 aliphatic heterocycles. The van der Waals surface area contributed by atoms with Crippen molar-refractivity contribution < 1.29 is 19.8 Å². The van der Waals surface area contributed by atoms with Gasteiger partial charge in [-0.2, -0.15) is 0 Å². The highest BCUT2D eigenvalue weighted by molar-refractivity contribution is 5.87. The van der Waals surface area contributed by atoms with E-state index < -0.39 is 5.97 Å². The van der Waals surface area contributed by atoms with E-state index in [-0.39, 0.29) is 24.2 Å². The number of carbonyl (C=O) groups excluding carboxylic acids is 1. The Morgan fingerprint density at radius 2 is 2.00 bits per heavy atom. The van der Waals surface area contributed by atoms with Crippen LogP contribution < -0.4 is 5.32 Å². The standard InChI is InChI=1S/C14H18N2O4/c17-9-12-2-1-7-16(12)14(20)15-8-10-3-5-11(6-4-10)13(18)19/h3-6,12,17H,1-2,7-9H2,(H,15,20)(H,18,19). The quantitative estimate of drug-likeness (QED) is 0.768. The van der Waals surface area contributed by atoms with Crippen LogP contribution in [-0.2, 0) is 6.54 Å². The third kappa shape index (κ3) is 3.27. The number of carboxylic acids is 1. The summed E-state index contributed by atoms with van der Waals surface area (Å²) in [6.07, 6.45) is 1.74. The topological polar surface area (TPSA) is 89.9 Å². The van der Waals surface area contributed by atoms with Crippen molar-refractivity contribution in [1.29, 1.82) is 0 Å². The maximum absolute atomic E-state index is 12.0. The van der Waals surface area contributed by atoms with Gasteiger partial charge in [0.2, 0.25) is 0 Å². The smallest absolute Gasteiger partial charge is 0.335 e. The van der Waals surface area contributed by atoms with Crippen LogP contribution in [0.3, 0.4) is 0 Å². The van der Waals surface area contributed by atoms with Gasteiger partial charge in [-0.25, -0.2) is 9.59 Å². The maximum atomic E-state index is 12.0. The number of hydrogen-bond acceptors (Lipinski definition) is 3. The van der Waals surface area contributed by atoms with Crippen molar-refractivity contribution >= 4 is 12.0 Å². The van der Waals surface area contributed by atoms with Crippen LogP contribution in [0.2, 0.25) is 0 Å². The highest BCUT2D eigenvalue weighted by Crippen LogP contribution is 2.16. The molecular weight excluding hydrogens is 260 g/mol. The van der Waals surface area contributed by atoms with Gasteiger partial charge < -0.3 is 20.4 Å². The molecule has 3 N–H and O–H groups in total. The SMILES string of the molecule is O=C(O)c1ccc(CNC(=O)N2CCCC2CO)cc1. The molecule has 1 aliphatic rings. The molecule has 1 aromatic rings. The van der Waals surface area contributed by atoms with Gasteiger partial charge in [0.15, 0.2) is 0 Å². The lowest BCUT2D eigenvalue weighted by Crippen LogP contribution is -2.43. The molecule has 1 saturated heterocycles. The summed E-state index contributed by atoms with van der Waals surface area (Å²) >= 11 is 0. The number of rotatable bonds is 4. The summed E-state index contributed by atoms with van der Waals surface area (Å²) in [5, 5.41) is 20.8. The van der Waals surface area contributed by atoms with E-state index in [4.69, 9.17) is 5.11 Å². The predicted octanol–water partition coefficient (Wildman–Crippen LogP) is 1.05. The number of benzene rings is 1. The maximum Gasteiger partial charge on any atom is 0.335 e. The number of nitrogens with zero attached hydrogens (tertiary/aromatic N) is 1. The van der Waals surface area contributed by atoms with Crippen molar-refractivity contribution in [3.63, 3.8) is 0 Å². The van der Waals surface area contributed by atoms with Gasteiger partial charge in [0.25, 0.3) is 0 Å². The molecule has 0 radical (unpaired) electrons.